The maximum absolute atomic E-state index is 12.8. The molecule has 1 amide bonds. The molecular formula is C27H23F2NO7S2. The molecule has 4 aromatic rings. The first-order valence-electron chi connectivity index (χ1n) is 11.4. The summed E-state index contributed by atoms with van der Waals surface area (Å²) in [6.07, 6.45) is 0. The van der Waals surface area contributed by atoms with Crippen molar-refractivity contribution in [1.82, 2.24) is 4.72 Å². The average molecular weight is 576 g/mol. The Kier molecular flexibility index (Phi) is 8.28. The van der Waals surface area contributed by atoms with Crippen molar-refractivity contribution in [3.8, 4) is 16.9 Å². The number of hydrogen-bond donors (Lipinski definition) is 2. The van der Waals surface area contributed by atoms with E-state index in [-0.39, 0.29) is 27.7 Å². The summed E-state index contributed by atoms with van der Waals surface area (Å²) in [7, 11) is -4.18. The van der Waals surface area contributed by atoms with E-state index in [4.69, 9.17) is 4.42 Å². The second kappa shape index (κ2) is 11.5. The fraction of sp³-hybridized carbons (Fsp3) is 0.148. The van der Waals surface area contributed by atoms with Gasteiger partial charge in [-0.3, -0.25) is 4.79 Å². The minimum absolute atomic E-state index is 0.0167. The molecule has 0 aliphatic rings. The minimum atomic E-state index is -4.18. The summed E-state index contributed by atoms with van der Waals surface area (Å²) in [6.45, 7) is 0.165. The van der Waals surface area contributed by atoms with Crippen LogP contribution in [0.3, 0.4) is 0 Å². The van der Waals surface area contributed by atoms with Crippen LogP contribution in [0.25, 0.3) is 11.1 Å². The Hall–Kier alpha value is -3.87. The van der Waals surface area contributed by atoms with Gasteiger partial charge in [-0.15, -0.1) is 0 Å². The van der Waals surface area contributed by atoms with Crippen LogP contribution in [0, 0.1) is 13.8 Å². The van der Waals surface area contributed by atoms with Crippen LogP contribution in [-0.2, 0) is 21.1 Å². The van der Waals surface area contributed by atoms with E-state index in [1.54, 1.807) is 55.5 Å². The van der Waals surface area contributed by atoms with Crippen LogP contribution < -0.4 is 9.46 Å². The molecule has 2 atom stereocenters. The molecule has 0 aliphatic carbocycles. The Labute approximate surface area is 226 Å². The maximum atomic E-state index is 12.8. The van der Waals surface area contributed by atoms with Crippen LogP contribution in [-0.4, -0.2) is 29.7 Å². The number of amides is 1. The number of alkyl halides is 2. The van der Waals surface area contributed by atoms with Crippen molar-refractivity contribution >= 4 is 27.0 Å². The summed E-state index contributed by atoms with van der Waals surface area (Å²) < 4.78 is 84.4. The van der Waals surface area contributed by atoms with E-state index in [9.17, 15) is 30.8 Å². The average Bonchev–Trinajstić information content (AvgIpc) is 3.25. The zero-order valence-electron chi connectivity index (χ0n) is 20.6. The van der Waals surface area contributed by atoms with Crippen LogP contribution >= 0.6 is 0 Å². The molecule has 0 aliphatic heterocycles. The van der Waals surface area contributed by atoms with Crippen LogP contribution in [0.5, 0.6) is 5.75 Å². The van der Waals surface area contributed by atoms with E-state index in [0.29, 0.717) is 16.7 Å². The topological polar surface area (TPSA) is 123 Å². The van der Waals surface area contributed by atoms with Gasteiger partial charge in [-0.25, -0.2) is 17.3 Å². The Bertz CT molecular complexity index is 1620. The molecule has 2 unspecified atom stereocenters. The van der Waals surface area contributed by atoms with Crippen LogP contribution in [0.1, 0.15) is 38.3 Å². The molecule has 1 aromatic heterocycles. The van der Waals surface area contributed by atoms with Gasteiger partial charge in [-0.05, 0) is 60.4 Å². The predicted octanol–water partition coefficient (Wildman–Crippen LogP) is 5.59. The van der Waals surface area contributed by atoms with Crippen molar-refractivity contribution in [2.45, 2.75) is 30.6 Å². The first-order valence-corrected chi connectivity index (χ1v) is 14.1. The fourth-order valence-corrected chi connectivity index (χ4v) is 6.08. The first kappa shape index (κ1) is 28.1. The van der Waals surface area contributed by atoms with E-state index >= 15 is 0 Å². The molecule has 0 radical (unpaired) electrons. The third-order valence-corrected chi connectivity index (χ3v) is 8.32. The lowest BCUT2D eigenvalue weighted by Gasteiger charge is -2.14. The van der Waals surface area contributed by atoms with Gasteiger partial charge in [0, 0.05) is 5.56 Å². The molecule has 12 heteroatoms. The lowest BCUT2D eigenvalue weighted by atomic mass is 10.00. The van der Waals surface area contributed by atoms with Crippen molar-refractivity contribution in [3.63, 3.8) is 0 Å². The van der Waals surface area contributed by atoms with Gasteiger partial charge in [0.2, 0.25) is 0 Å². The zero-order chi connectivity index (χ0) is 28.3. The number of carbonyl (C=O) groups is 1. The molecule has 8 nitrogen and oxygen atoms in total. The number of benzene rings is 3. The summed E-state index contributed by atoms with van der Waals surface area (Å²) in [5, 5.41) is -1.10. The second-order valence-corrected chi connectivity index (χ2v) is 11.2. The molecule has 0 bridgehead atoms. The number of nitrogens with one attached hydrogen (secondary N) is 1. The van der Waals surface area contributed by atoms with Crippen LogP contribution in [0.15, 0.2) is 88.2 Å². The largest absolute Gasteiger partial charge is 0.456 e. The molecular weight excluding hydrogens is 552 g/mol. The quantitative estimate of drug-likeness (QED) is 0.249. The lowest BCUT2D eigenvalue weighted by molar-refractivity contribution is -0.0498. The number of hydrogen-bond acceptors (Lipinski definition) is 6. The highest BCUT2D eigenvalue weighted by Gasteiger charge is 2.29. The van der Waals surface area contributed by atoms with Gasteiger partial charge in [0.1, 0.15) is 16.8 Å². The molecule has 4 rings (SSSR count). The second-order valence-electron chi connectivity index (χ2n) is 8.50. The summed E-state index contributed by atoms with van der Waals surface area (Å²) in [6, 6.07) is 20.0. The number of halogens is 2. The highest BCUT2D eigenvalue weighted by atomic mass is 32.2. The van der Waals surface area contributed by atoms with E-state index in [2.05, 4.69) is 4.74 Å². The minimum Gasteiger partial charge on any atom is -0.456 e. The van der Waals surface area contributed by atoms with Gasteiger partial charge in [0.15, 0.2) is 16.8 Å². The normalized spacial score (nSPS) is 13.2. The Morgan fingerprint density at radius 2 is 1.56 bits per heavy atom. The van der Waals surface area contributed by atoms with Crippen molar-refractivity contribution in [1.29, 1.82) is 0 Å². The Balaban J connectivity index is 1.57. The SMILES string of the molecule is Cc1ccccc1S(=O)(=O)NC(=O)c1cc(C(c2ccc(-c3ccc(OC(F)F)cc3)cc2)S(=O)O)c(C)o1. The van der Waals surface area contributed by atoms with Gasteiger partial charge >= 0.3 is 12.5 Å². The van der Waals surface area contributed by atoms with Gasteiger partial charge in [-0.2, -0.15) is 8.78 Å². The number of sulfonamides is 1. The highest BCUT2D eigenvalue weighted by molar-refractivity contribution is 7.90. The van der Waals surface area contributed by atoms with Crippen molar-refractivity contribution in [2.75, 3.05) is 0 Å². The van der Waals surface area contributed by atoms with Crippen LogP contribution in [0.2, 0.25) is 0 Å². The molecule has 0 fully saturated rings. The molecule has 1 heterocycles. The lowest BCUT2D eigenvalue weighted by Crippen LogP contribution is -2.30. The van der Waals surface area contributed by atoms with Gasteiger partial charge in [0.05, 0.1) is 4.90 Å². The summed E-state index contributed by atoms with van der Waals surface area (Å²) in [5.74, 6) is -1.18. The van der Waals surface area contributed by atoms with Gasteiger partial charge in [0.25, 0.3) is 10.0 Å². The molecule has 204 valence electrons. The number of carbonyl (C=O) groups excluding carboxylic acids is 1. The third-order valence-electron chi connectivity index (χ3n) is 5.90. The van der Waals surface area contributed by atoms with E-state index in [1.807, 2.05) is 4.72 Å². The summed E-state index contributed by atoms with van der Waals surface area (Å²) in [5.41, 5.74) is 2.54. The summed E-state index contributed by atoms with van der Waals surface area (Å²) >= 11 is -2.42. The first-order chi connectivity index (χ1) is 18.5. The van der Waals surface area contributed by atoms with Crippen LogP contribution in [0.4, 0.5) is 8.78 Å². The zero-order valence-corrected chi connectivity index (χ0v) is 22.3. The van der Waals surface area contributed by atoms with Gasteiger partial charge < -0.3 is 13.7 Å². The standard InChI is InChI=1S/C27H23F2NO7S2/c1-16-5-3-4-6-24(16)39(34,35)30-26(31)23-15-22(17(2)36-23)25(38(32)33)20-9-7-18(8-10-20)19-11-13-21(14-12-19)37-27(28)29/h3-15,25,27H,1-2H3,(H,30,31)(H,32,33). The molecule has 0 saturated heterocycles. The van der Waals surface area contributed by atoms with Crippen molar-refractivity contribution in [3.05, 3.63) is 107 Å². The van der Waals surface area contributed by atoms with E-state index in [0.717, 1.165) is 5.56 Å². The molecule has 39 heavy (non-hydrogen) atoms. The predicted molar refractivity (Wildman–Crippen MR) is 140 cm³/mol. The highest BCUT2D eigenvalue weighted by Crippen LogP contribution is 2.33. The number of ether oxygens (including phenoxy) is 1. The number of furan rings is 1. The van der Waals surface area contributed by atoms with Gasteiger partial charge in [-0.1, -0.05) is 54.6 Å². The maximum Gasteiger partial charge on any atom is 0.387 e. The van der Waals surface area contributed by atoms with Crippen molar-refractivity contribution in [2.24, 2.45) is 0 Å². The summed E-state index contributed by atoms with van der Waals surface area (Å²) in [4.78, 5) is 12.7. The smallest absolute Gasteiger partial charge is 0.387 e. The van der Waals surface area contributed by atoms with Crippen molar-refractivity contribution < 1.29 is 39.9 Å². The number of aryl methyl sites for hydroxylation is 2. The van der Waals surface area contributed by atoms with E-state index < -0.39 is 38.9 Å². The molecule has 2 N–H and O–H groups in total. The Morgan fingerprint density at radius 3 is 2.13 bits per heavy atom. The monoisotopic (exact) mass is 575 g/mol. The number of rotatable bonds is 9. The van der Waals surface area contributed by atoms with E-state index in [1.165, 1.54) is 37.3 Å². The molecule has 0 spiro atoms. The molecule has 0 saturated carbocycles. The fourth-order valence-electron chi connectivity index (χ4n) is 4.04. The Morgan fingerprint density at radius 1 is 0.974 bits per heavy atom. The third kappa shape index (κ3) is 6.41. The molecule has 3 aromatic carbocycles.